The molecule has 0 saturated heterocycles. The van der Waals surface area contributed by atoms with Crippen LogP contribution in [-0.2, 0) is 20.9 Å². The van der Waals surface area contributed by atoms with E-state index < -0.39 is 36.1 Å². The number of benzene rings is 2. The molecule has 0 saturated carbocycles. The van der Waals surface area contributed by atoms with E-state index in [2.05, 4.69) is 5.32 Å². The number of amides is 2. The molecule has 7 heteroatoms. The Balaban J connectivity index is 1.91. The van der Waals surface area contributed by atoms with Gasteiger partial charge in [0.15, 0.2) is 0 Å². The van der Waals surface area contributed by atoms with Gasteiger partial charge in [-0.15, -0.1) is 0 Å². The van der Waals surface area contributed by atoms with E-state index >= 15 is 0 Å². The number of esters is 1. The van der Waals surface area contributed by atoms with Crippen LogP contribution < -0.4 is 11.1 Å². The summed E-state index contributed by atoms with van der Waals surface area (Å²) in [6.07, 6.45) is -0.394. The first-order chi connectivity index (χ1) is 12.0. The van der Waals surface area contributed by atoms with E-state index in [0.29, 0.717) is 0 Å². The van der Waals surface area contributed by atoms with E-state index in [4.69, 9.17) is 10.5 Å². The van der Waals surface area contributed by atoms with E-state index in [1.165, 1.54) is 12.1 Å². The van der Waals surface area contributed by atoms with Gasteiger partial charge >= 0.3 is 5.97 Å². The summed E-state index contributed by atoms with van der Waals surface area (Å²) in [7, 11) is 0. The molecule has 6 nitrogen and oxygen atoms in total. The highest BCUT2D eigenvalue weighted by molar-refractivity contribution is 5.98. The number of hydrogen-bond acceptors (Lipinski definition) is 4. The van der Waals surface area contributed by atoms with Gasteiger partial charge in [0.25, 0.3) is 5.91 Å². The SMILES string of the molecule is NC(=O)[C@H](CC(=O)OCc1ccccc1)NC(=O)c1ccc(F)cc1. The molecule has 3 N–H and O–H groups in total. The normalized spacial score (nSPS) is 11.4. The summed E-state index contributed by atoms with van der Waals surface area (Å²) in [4.78, 5) is 35.4. The van der Waals surface area contributed by atoms with Crippen LogP contribution in [0.2, 0.25) is 0 Å². The number of primary amides is 1. The minimum absolute atomic E-state index is 0.0526. The standard InChI is InChI=1S/C18H17FN2O4/c19-14-8-6-13(7-9-14)18(24)21-15(17(20)23)10-16(22)25-11-12-4-2-1-3-5-12/h1-9,15H,10-11H2,(H2,20,23)(H,21,24)/t15-/m0/s1. The molecule has 1 atom stereocenters. The van der Waals surface area contributed by atoms with Crippen molar-refractivity contribution in [1.82, 2.24) is 5.32 Å². The second-order valence-electron chi connectivity index (χ2n) is 5.29. The van der Waals surface area contributed by atoms with E-state index in [9.17, 15) is 18.8 Å². The van der Waals surface area contributed by atoms with Crippen molar-refractivity contribution in [3.63, 3.8) is 0 Å². The van der Waals surface area contributed by atoms with Crippen molar-refractivity contribution < 1.29 is 23.5 Å². The molecule has 0 aromatic heterocycles. The average molecular weight is 344 g/mol. The van der Waals surface area contributed by atoms with E-state index in [1.54, 1.807) is 24.3 Å². The maximum atomic E-state index is 12.9. The Morgan fingerprint density at radius 3 is 2.28 bits per heavy atom. The van der Waals surface area contributed by atoms with Gasteiger partial charge in [-0.1, -0.05) is 30.3 Å². The second-order valence-corrected chi connectivity index (χ2v) is 5.29. The third-order valence-corrected chi connectivity index (χ3v) is 3.37. The third-order valence-electron chi connectivity index (χ3n) is 3.37. The van der Waals surface area contributed by atoms with E-state index in [-0.39, 0.29) is 12.2 Å². The highest BCUT2D eigenvalue weighted by Gasteiger charge is 2.23. The lowest BCUT2D eigenvalue weighted by Gasteiger charge is -2.15. The maximum absolute atomic E-state index is 12.9. The summed E-state index contributed by atoms with van der Waals surface area (Å²) in [6.45, 7) is 0.0526. The summed E-state index contributed by atoms with van der Waals surface area (Å²) in [5.41, 5.74) is 6.16. The molecule has 130 valence electrons. The predicted molar refractivity (Wildman–Crippen MR) is 87.7 cm³/mol. The Morgan fingerprint density at radius 1 is 1.04 bits per heavy atom. The highest BCUT2D eigenvalue weighted by Crippen LogP contribution is 2.06. The fourth-order valence-corrected chi connectivity index (χ4v) is 2.03. The monoisotopic (exact) mass is 344 g/mol. The van der Waals surface area contributed by atoms with Crippen LogP contribution in [0.15, 0.2) is 54.6 Å². The van der Waals surface area contributed by atoms with Crippen LogP contribution in [0.5, 0.6) is 0 Å². The molecule has 0 bridgehead atoms. The fourth-order valence-electron chi connectivity index (χ4n) is 2.03. The lowest BCUT2D eigenvalue weighted by molar-refractivity contribution is -0.146. The second kappa shape index (κ2) is 8.58. The van der Waals surface area contributed by atoms with Gasteiger partial charge in [-0.05, 0) is 29.8 Å². The van der Waals surface area contributed by atoms with Crippen LogP contribution in [0.25, 0.3) is 0 Å². The summed E-state index contributed by atoms with van der Waals surface area (Å²) in [6, 6.07) is 12.5. The Hall–Kier alpha value is -3.22. The number of halogens is 1. The van der Waals surface area contributed by atoms with Gasteiger partial charge in [-0.2, -0.15) is 0 Å². The van der Waals surface area contributed by atoms with Crippen LogP contribution in [0.1, 0.15) is 22.3 Å². The van der Waals surface area contributed by atoms with Crippen molar-refractivity contribution in [2.45, 2.75) is 19.1 Å². The van der Waals surface area contributed by atoms with Crippen molar-refractivity contribution in [2.24, 2.45) is 5.73 Å². The van der Waals surface area contributed by atoms with Crippen LogP contribution >= 0.6 is 0 Å². The van der Waals surface area contributed by atoms with Crippen LogP contribution in [0, 0.1) is 5.82 Å². The molecule has 0 unspecified atom stereocenters. The number of hydrogen-bond donors (Lipinski definition) is 2. The van der Waals surface area contributed by atoms with Crippen LogP contribution in [0.3, 0.4) is 0 Å². The maximum Gasteiger partial charge on any atom is 0.308 e. The number of nitrogens with one attached hydrogen (secondary N) is 1. The zero-order valence-corrected chi connectivity index (χ0v) is 13.3. The quantitative estimate of drug-likeness (QED) is 0.744. The molecule has 2 aromatic rings. The molecule has 0 heterocycles. The van der Waals surface area contributed by atoms with Gasteiger partial charge < -0.3 is 15.8 Å². The minimum Gasteiger partial charge on any atom is -0.461 e. The van der Waals surface area contributed by atoms with Gasteiger partial charge in [0.05, 0.1) is 6.42 Å². The first kappa shape index (κ1) is 18.1. The van der Waals surface area contributed by atoms with Crippen molar-refractivity contribution in [3.8, 4) is 0 Å². The van der Waals surface area contributed by atoms with E-state index in [0.717, 1.165) is 17.7 Å². The minimum atomic E-state index is -1.22. The smallest absolute Gasteiger partial charge is 0.308 e. The topological polar surface area (TPSA) is 98.5 Å². The lowest BCUT2D eigenvalue weighted by Crippen LogP contribution is -2.45. The van der Waals surface area contributed by atoms with E-state index in [1.807, 2.05) is 6.07 Å². The summed E-state index contributed by atoms with van der Waals surface area (Å²) in [5, 5.41) is 2.34. The molecule has 2 amide bonds. The average Bonchev–Trinajstić information content (AvgIpc) is 2.60. The Kier molecular flexibility index (Phi) is 6.22. The molecule has 2 rings (SSSR count). The van der Waals surface area contributed by atoms with Crippen molar-refractivity contribution >= 4 is 17.8 Å². The molecule has 0 spiro atoms. The van der Waals surface area contributed by atoms with Gasteiger partial charge in [0, 0.05) is 5.56 Å². The number of rotatable bonds is 7. The van der Waals surface area contributed by atoms with Gasteiger partial charge in [0.2, 0.25) is 5.91 Å². The predicted octanol–water partition coefficient (Wildman–Crippen LogP) is 1.54. The molecule has 0 radical (unpaired) electrons. The Bertz CT molecular complexity index is 747. The summed E-state index contributed by atoms with van der Waals surface area (Å²) in [5.74, 6) is -2.67. The molecule has 0 aliphatic heterocycles. The largest absolute Gasteiger partial charge is 0.461 e. The van der Waals surface area contributed by atoms with Gasteiger partial charge in [-0.3, -0.25) is 14.4 Å². The molecule has 2 aromatic carbocycles. The fraction of sp³-hybridized carbons (Fsp3) is 0.167. The zero-order chi connectivity index (χ0) is 18.2. The van der Waals surface area contributed by atoms with Crippen molar-refractivity contribution in [1.29, 1.82) is 0 Å². The molecule has 0 fully saturated rings. The van der Waals surface area contributed by atoms with Crippen molar-refractivity contribution in [3.05, 3.63) is 71.5 Å². The molecule has 25 heavy (non-hydrogen) atoms. The highest BCUT2D eigenvalue weighted by atomic mass is 19.1. The zero-order valence-electron chi connectivity index (χ0n) is 13.3. The van der Waals surface area contributed by atoms with Crippen LogP contribution in [-0.4, -0.2) is 23.8 Å². The number of nitrogens with two attached hydrogens (primary N) is 1. The van der Waals surface area contributed by atoms with Crippen LogP contribution in [0.4, 0.5) is 4.39 Å². The molecular formula is C18H17FN2O4. The Morgan fingerprint density at radius 2 is 1.68 bits per heavy atom. The first-order valence-electron chi connectivity index (χ1n) is 7.51. The summed E-state index contributed by atoms with van der Waals surface area (Å²) < 4.78 is 17.9. The molecular weight excluding hydrogens is 327 g/mol. The van der Waals surface area contributed by atoms with Crippen molar-refractivity contribution in [2.75, 3.05) is 0 Å². The number of ether oxygens (including phenoxy) is 1. The Labute approximate surface area is 143 Å². The van der Waals surface area contributed by atoms with Gasteiger partial charge in [-0.25, -0.2) is 4.39 Å². The third kappa shape index (κ3) is 5.72. The lowest BCUT2D eigenvalue weighted by atomic mass is 10.1. The molecule has 0 aliphatic carbocycles. The summed E-state index contributed by atoms with van der Waals surface area (Å²) >= 11 is 0. The molecule has 0 aliphatic rings. The first-order valence-corrected chi connectivity index (χ1v) is 7.51. The number of carbonyl (C=O) groups excluding carboxylic acids is 3. The number of carbonyl (C=O) groups is 3. The van der Waals surface area contributed by atoms with Gasteiger partial charge in [0.1, 0.15) is 18.5 Å².